The summed E-state index contributed by atoms with van der Waals surface area (Å²) in [6, 6.07) is 25.8. The number of esters is 1. The van der Waals surface area contributed by atoms with Gasteiger partial charge in [-0.3, -0.25) is 4.79 Å². The second kappa shape index (κ2) is 12.0. The maximum atomic E-state index is 13.4. The molecule has 8 nitrogen and oxygen atoms in total. The molecule has 0 spiro atoms. The molecule has 1 aromatic heterocycles. The Kier molecular flexibility index (Phi) is 8.01. The van der Waals surface area contributed by atoms with E-state index in [-0.39, 0.29) is 17.0 Å². The number of carbonyl (C=O) groups excluding carboxylic acids is 2. The number of rotatable bonds is 7. The largest absolute Gasteiger partial charge is 0.496 e. The fraction of sp³-hybridized carbons (Fsp3) is 0.0323. The van der Waals surface area contributed by atoms with Crippen LogP contribution in [0.3, 0.4) is 0 Å². The van der Waals surface area contributed by atoms with Crippen LogP contribution in [0.2, 0.25) is 10.0 Å². The SMILES string of the molecule is COc1ccc(Cl)cc1C(=O)Oc1ccccc1C=NNC(=O)c1[nH]c2c(C#N)cccc2c1-c1ccccc1Cl. The van der Waals surface area contributed by atoms with Gasteiger partial charge in [0, 0.05) is 32.1 Å². The molecular weight excluding hydrogens is 563 g/mol. The molecule has 0 unspecified atom stereocenters. The van der Waals surface area contributed by atoms with E-state index in [0.29, 0.717) is 49.0 Å². The molecule has 0 fully saturated rings. The molecule has 4 aromatic carbocycles. The summed E-state index contributed by atoms with van der Waals surface area (Å²) in [6.45, 7) is 0. The number of nitriles is 1. The molecule has 0 aliphatic carbocycles. The van der Waals surface area contributed by atoms with Gasteiger partial charge in [-0.15, -0.1) is 0 Å². The highest BCUT2D eigenvalue weighted by atomic mass is 35.5. The van der Waals surface area contributed by atoms with Gasteiger partial charge >= 0.3 is 5.97 Å². The van der Waals surface area contributed by atoms with Crippen LogP contribution in [0.25, 0.3) is 22.0 Å². The highest BCUT2D eigenvalue weighted by molar-refractivity contribution is 6.34. The molecule has 0 radical (unpaired) electrons. The Morgan fingerprint density at radius 3 is 2.54 bits per heavy atom. The molecule has 0 saturated carbocycles. The van der Waals surface area contributed by atoms with Crippen molar-refractivity contribution >= 4 is 52.2 Å². The number of ether oxygens (including phenoxy) is 2. The molecule has 0 aliphatic rings. The minimum absolute atomic E-state index is 0.155. The summed E-state index contributed by atoms with van der Waals surface area (Å²) in [6.07, 6.45) is 1.36. The maximum absolute atomic E-state index is 13.4. The van der Waals surface area contributed by atoms with Gasteiger partial charge < -0.3 is 14.5 Å². The average Bonchev–Trinajstić information content (AvgIpc) is 3.38. The predicted molar refractivity (Wildman–Crippen MR) is 158 cm³/mol. The van der Waals surface area contributed by atoms with Crippen LogP contribution in [-0.2, 0) is 0 Å². The number of hydrogen-bond donors (Lipinski definition) is 2. The number of methoxy groups -OCH3 is 1. The average molecular weight is 583 g/mol. The van der Waals surface area contributed by atoms with Gasteiger partial charge in [0.05, 0.1) is 24.4 Å². The zero-order valence-electron chi connectivity index (χ0n) is 21.4. The summed E-state index contributed by atoms with van der Waals surface area (Å²) >= 11 is 12.5. The van der Waals surface area contributed by atoms with Gasteiger partial charge in [0.25, 0.3) is 5.91 Å². The Balaban J connectivity index is 1.43. The number of nitrogens with zero attached hydrogens (tertiary/aromatic N) is 2. The van der Waals surface area contributed by atoms with E-state index in [2.05, 4.69) is 21.6 Å². The Morgan fingerprint density at radius 1 is 0.976 bits per heavy atom. The quantitative estimate of drug-likeness (QED) is 0.0926. The van der Waals surface area contributed by atoms with E-state index in [1.54, 1.807) is 66.7 Å². The third kappa shape index (κ3) is 5.63. The normalized spacial score (nSPS) is 10.9. The smallest absolute Gasteiger partial charge is 0.347 e. The number of hydrazone groups is 1. The van der Waals surface area contributed by atoms with E-state index in [1.165, 1.54) is 19.4 Å². The van der Waals surface area contributed by atoms with Gasteiger partial charge in [-0.1, -0.05) is 65.7 Å². The van der Waals surface area contributed by atoms with Gasteiger partial charge in [-0.05, 0) is 42.5 Å². The third-order valence-electron chi connectivity index (χ3n) is 6.20. The lowest BCUT2D eigenvalue weighted by Gasteiger charge is -2.10. The van der Waals surface area contributed by atoms with Crippen molar-refractivity contribution in [3.05, 3.63) is 117 Å². The number of benzene rings is 4. The molecule has 0 atom stereocenters. The molecule has 2 N–H and O–H groups in total. The summed E-state index contributed by atoms with van der Waals surface area (Å²) in [5.41, 5.74) is 5.33. The molecule has 0 aliphatic heterocycles. The summed E-state index contributed by atoms with van der Waals surface area (Å²) in [5, 5.41) is 15.2. The zero-order chi connectivity index (χ0) is 28.9. The number of hydrogen-bond acceptors (Lipinski definition) is 6. The van der Waals surface area contributed by atoms with Crippen molar-refractivity contribution in [1.29, 1.82) is 5.26 Å². The molecule has 5 aromatic rings. The van der Waals surface area contributed by atoms with Crippen LogP contribution in [0.1, 0.15) is 32.0 Å². The highest BCUT2D eigenvalue weighted by Gasteiger charge is 2.22. The first kappa shape index (κ1) is 27.5. The van der Waals surface area contributed by atoms with E-state index in [1.807, 2.05) is 12.1 Å². The molecule has 1 heterocycles. The van der Waals surface area contributed by atoms with Crippen LogP contribution in [0.4, 0.5) is 0 Å². The first-order valence-electron chi connectivity index (χ1n) is 12.2. The summed E-state index contributed by atoms with van der Waals surface area (Å²) < 4.78 is 10.8. The van der Waals surface area contributed by atoms with Gasteiger partial charge in [0.15, 0.2) is 0 Å². The van der Waals surface area contributed by atoms with Crippen LogP contribution in [0.15, 0.2) is 90.0 Å². The second-order valence-electron chi connectivity index (χ2n) is 8.67. The van der Waals surface area contributed by atoms with Crippen molar-refractivity contribution in [2.45, 2.75) is 0 Å². The number of fused-ring (bicyclic) bond motifs is 1. The van der Waals surface area contributed by atoms with Crippen molar-refractivity contribution in [1.82, 2.24) is 10.4 Å². The Morgan fingerprint density at radius 2 is 1.76 bits per heavy atom. The van der Waals surface area contributed by atoms with Crippen LogP contribution in [-0.4, -0.2) is 30.2 Å². The third-order valence-corrected chi connectivity index (χ3v) is 6.76. The topological polar surface area (TPSA) is 117 Å². The number of H-pyrrole nitrogens is 1. The number of aromatic nitrogens is 1. The lowest BCUT2D eigenvalue weighted by atomic mass is 10.0. The lowest BCUT2D eigenvalue weighted by molar-refractivity contribution is 0.0730. The monoisotopic (exact) mass is 582 g/mol. The summed E-state index contributed by atoms with van der Waals surface area (Å²) in [7, 11) is 1.44. The predicted octanol–water partition coefficient (Wildman–Crippen LogP) is 7.01. The minimum Gasteiger partial charge on any atom is -0.496 e. The van der Waals surface area contributed by atoms with Crippen LogP contribution in [0, 0.1) is 11.3 Å². The molecule has 5 rings (SSSR count). The fourth-order valence-corrected chi connectivity index (χ4v) is 4.72. The fourth-order valence-electron chi connectivity index (χ4n) is 4.32. The number of nitrogens with one attached hydrogen (secondary N) is 2. The number of aromatic amines is 1. The van der Waals surface area contributed by atoms with Gasteiger partial charge in [-0.25, -0.2) is 10.2 Å². The van der Waals surface area contributed by atoms with Crippen molar-refractivity contribution < 1.29 is 19.1 Å². The Labute approximate surface area is 244 Å². The summed E-state index contributed by atoms with van der Waals surface area (Å²) in [5.74, 6) is -0.719. The molecule has 10 heteroatoms. The highest BCUT2D eigenvalue weighted by Crippen LogP contribution is 2.37. The number of amides is 1. The van der Waals surface area contributed by atoms with Crippen LogP contribution >= 0.6 is 23.2 Å². The first-order valence-corrected chi connectivity index (χ1v) is 12.9. The number of carbonyl (C=O) groups is 2. The number of para-hydroxylation sites is 2. The lowest BCUT2D eigenvalue weighted by Crippen LogP contribution is -2.19. The molecular formula is C31H20Cl2N4O4. The second-order valence-corrected chi connectivity index (χ2v) is 9.51. The molecule has 1 amide bonds. The Bertz CT molecular complexity index is 1870. The van der Waals surface area contributed by atoms with Gasteiger partial charge in [0.2, 0.25) is 0 Å². The number of halogens is 2. The van der Waals surface area contributed by atoms with Crippen molar-refractivity contribution in [2.75, 3.05) is 7.11 Å². The Hall–Kier alpha value is -5.10. The van der Waals surface area contributed by atoms with Crippen molar-refractivity contribution in [3.8, 4) is 28.7 Å². The van der Waals surface area contributed by atoms with Crippen molar-refractivity contribution in [3.63, 3.8) is 0 Å². The molecule has 202 valence electrons. The van der Waals surface area contributed by atoms with E-state index in [0.717, 1.165) is 0 Å². The zero-order valence-corrected chi connectivity index (χ0v) is 23.0. The molecule has 41 heavy (non-hydrogen) atoms. The van der Waals surface area contributed by atoms with Crippen LogP contribution in [0.5, 0.6) is 11.5 Å². The maximum Gasteiger partial charge on any atom is 0.347 e. The minimum atomic E-state index is -0.676. The first-order chi connectivity index (χ1) is 19.9. The van der Waals surface area contributed by atoms with E-state index >= 15 is 0 Å². The van der Waals surface area contributed by atoms with Gasteiger partial charge in [-0.2, -0.15) is 10.4 Å². The van der Waals surface area contributed by atoms with E-state index in [4.69, 9.17) is 32.7 Å². The van der Waals surface area contributed by atoms with Gasteiger partial charge in [0.1, 0.15) is 28.8 Å². The molecule has 0 saturated heterocycles. The van der Waals surface area contributed by atoms with Crippen LogP contribution < -0.4 is 14.9 Å². The summed E-state index contributed by atoms with van der Waals surface area (Å²) in [4.78, 5) is 29.3. The van der Waals surface area contributed by atoms with Crippen molar-refractivity contribution in [2.24, 2.45) is 5.10 Å². The molecule has 0 bridgehead atoms. The van der Waals surface area contributed by atoms with E-state index in [9.17, 15) is 14.9 Å². The van der Waals surface area contributed by atoms with E-state index < -0.39 is 11.9 Å². The standard InChI is InChI=1S/C31H20Cl2N4O4/c1-40-26-14-13-20(32)15-23(26)31(39)41-25-12-5-2-7-19(25)17-35-37-30(38)29-27(21-9-3-4-11-24(21)33)22-10-6-8-18(16-34)28(22)36-29/h2-15,17,36H,1H3,(H,37,38).